The standard InChI is InChI=1S/C22H27N/c1-20(2,3)16-10-11-19-18(14-16)21(4)13-12-15-8-6-7-9-17(15)22(21,5)23-19/h6-11,14,23H,12-13H2,1-5H3. The second-order valence-electron chi connectivity index (χ2n) is 8.75. The van der Waals surface area contributed by atoms with Gasteiger partial charge in [-0.25, -0.2) is 0 Å². The highest BCUT2D eigenvalue weighted by atomic mass is 15.0. The fraction of sp³-hybridized carbons (Fsp3) is 0.455. The molecule has 0 radical (unpaired) electrons. The third kappa shape index (κ3) is 1.86. The first-order valence-corrected chi connectivity index (χ1v) is 8.77. The Bertz CT molecular complexity index is 783. The third-order valence-corrected chi connectivity index (χ3v) is 6.42. The summed E-state index contributed by atoms with van der Waals surface area (Å²) >= 11 is 0. The van der Waals surface area contributed by atoms with Crippen LogP contribution in [0.2, 0.25) is 0 Å². The quantitative estimate of drug-likeness (QED) is 0.675. The van der Waals surface area contributed by atoms with Crippen LogP contribution in [0.15, 0.2) is 42.5 Å². The minimum absolute atomic E-state index is 0.0132. The Kier molecular flexibility index (Phi) is 2.84. The zero-order chi connectivity index (χ0) is 16.5. The Morgan fingerprint density at radius 3 is 2.43 bits per heavy atom. The smallest absolute Gasteiger partial charge is 0.0694 e. The average Bonchev–Trinajstić information content (AvgIpc) is 2.74. The van der Waals surface area contributed by atoms with E-state index >= 15 is 0 Å². The monoisotopic (exact) mass is 305 g/mol. The number of rotatable bonds is 0. The van der Waals surface area contributed by atoms with Crippen molar-refractivity contribution in [2.24, 2.45) is 0 Å². The van der Waals surface area contributed by atoms with Gasteiger partial charge in [-0.2, -0.15) is 0 Å². The topological polar surface area (TPSA) is 12.0 Å². The molecule has 1 nitrogen and oxygen atoms in total. The van der Waals surface area contributed by atoms with E-state index in [-0.39, 0.29) is 16.4 Å². The number of nitrogens with one attached hydrogen (secondary N) is 1. The van der Waals surface area contributed by atoms with Crippen molar-refractivity contribution in [3.63, 3.8) is 0 Å². The van der Waals surface area contributed by atoms with Gasteiger partial charge in [0.05, 0.1) is 5.54 Å². The summed E-state index contributed by atoms with van der Waals surface area (Å²) in [6.07, 6.45) is 2.37. The molecule has 23 heavy (non-hydrogen) atoms. The highest BCUT2D eigenvalue weighted by molar-refractivity contribution is 5.68. The SMILES string of the molecule is CC(C)(C)c1ccc2c(c1)C1(C)CCc3ccccc3C1(C)N2. The molecular formula is C22H27N. The molecule has 120 valence electrons. The molecule has 0 bridgehead atoms. The van der Waals surface area contributed by atoms with E-state index in [0.717, 1.165) is 0 Å². The molecule has 1 N–H and O–H groups in total. The van der Waals surface area contributed by atoms with Crippen LogP contribution in [0.4, 0.5) is 5.69 Å². The molecule has 1 heteroatoms. The van der Waals surface area contributed by atoms with Crippen LogP contribution in [-0.4, -0.2) is 0 Å². The van der Waals surface area contributed by atoms with Crippen molar-refractivity contribution in [1.82, 2.24) is 0 Å². The average molecular weight is 305 g/mol. The van der Waals surface area contributed by atoms with Crippen LogP contribution in [0.3, 0.4) is 0 Å². The molecule has 1 heterocycles. The minimum atomic E-state index is -0.0132. The largest absolute Gasteiger partial charge is 0.375 e. The molecule has 2 aliphatic rings. The van der Waals surface area contributed by atoms with Gasteiger partial charge < -0.3 is 5.32 Å². The van der Waals surface area contributed by atoms with Crippen molar-refractivity contribution in [2.75, 3.05) is 5.32 Å². The Morgan fingerprint density at radius 2 is 1.70 bits per heavy atom. The van der Waals surface area contributed by atoms with Crippen LogP contribution in [-0.2, 0) is 22.8 Å². The summed E-state index contributed by atoms with van der Waals surface area (Å²) in [6, 6.07) is 16.0. The fourth-order valence-electron chi connectivity index (χ4n) is 4.61. The van der Waals surface area contributed by atoms with E-state index in [1.165, 1.54) is 40.8 Å². The number of fused-ring (bicyclic) bond motifs is 5. The summed E-state index contributed by atoms with van der Waals surface area (Å²) in [5, 5.41) is 3.89. The van der Waals surface area contributed by atoms with Gasteiger partial charge in [0.25, 0.3) is 0 Å². The molecule has 0 fully saturated rings. The Morgan fingerprint density at radius 1 is 0.957 bits per heavy atom. The van der Waals surface area contributed by atoms with E-state index in [4.69, 9.17) is 0 Å². The van der Waals surface area contributed by atoms with E-state index in [9.17, 15) is 0 Å². The molecule has 1 aliphatic carbocycles. The first kappa shape index (κ1) is 14.8. The Labute approximate surface area is 140 Å². The molecule has 2 unspecified atom stereocenters. The van der Waals surface area contributed by atoms with Gasteiger partial charge in [-0.05, 0) is 53.5 Å². The van der Waals surface area contributed by atoms with Crippen LogP contribution in [0.1, 0.15) is 63.3 Å². The number of benzene rings is 2. The highest BCUT2D eigenvalue weighted by Gasteiger charge is 2.55. The van der Waals surface area contributed by atoms with Crippen LogP contribution in [0.25, 0.3) is 0 Å². The summed E-state index contributed by atoms with van der Waals surface area (Å²) in [7, 11) is 0. The van der Waals surface area contributed by atoms with E-state index in [1.807, 2.05) is 0 Å². The van der Waals surface area contributed by atoms with Gasteiger partial charge in [-0.15, -0.1) is 0 Å². The van der Waals surface area contributed by atoms with Gasteiger partial charge in [0, 0.05) is 11.1 Å². The molecule has 0 spiro atoms. The summed E-state index contributed by atoms with van der Waals surface area (Å²) < 4.78 is 0. The molecule has 0 amide bonds. The molecule has 2 atom stereocenters. The summed E-state index contributed by atoms with van der Waals surface area (Å²) in [5.74, 6) is 0. The van der Waals surface area contributed by atoms with E-state index in [0.29, 0.717) is 0 Å². The zero-order valence-electron chi connectivity index (χ0n) is 15.0. The first-order valence-electron chi connectivity index (χ1n) is 8.77. The first-order chi connectivity index (χ1) is 10.8. The van der Waals surface area contributed by atoms with Gasteiger partial charge in [0.15, 0.2) is 0 Å². The molecule has 1 aliphatic heterocycles. The minimum Gasteiger partial charge on any atom is -0.375 e. The maximum absolute atomic E-state index is 3.89. The lowest BCUT2D eigenvalue weighted by Crippen LogP contribution is -2.49. The zero-order valence-corrected chi connectivity index (χ0v) is 15.0. The lowest BCUT2D eigenvalue weighted by molar-refractivity contribution is 0.268. The van der Waals surface area contributed by atoms with Gasteiger partial charge in [0.1, 0.15) is 0 Å². The second kappa shape index (κ2) is 4.41. The van der Waals surface area contributed by atoms with Crippen molar-refractivity contribution in [3.05, 3.63) is 64.7 Å². The molecule has 4 rings (SSSR count). The second-order valence-corrected chi connectivity index (χ2v) is 8.75. The van der Waals surface area contributed by atoms with Crippen molar-refractivity contribution in [2.45, 2.75) is 63.8 Å². The number of hydrogen-bond donors (Lipinski definition) is 1. The molecule has 2 aromatic rings. The lowest BCUT2D eigenvalue weighted by Gasteiger charge is -2.47. The molecule has 0 saturated carbocycles. The van der Waals surface area contributed by atoms with Crippen LogP contribution in [0.5, 0.6) is 0 Å². The molecular weight excluding hydrogens is 278 g/mol. The van der Waals surface area contributed by atoms with Crippen molar-refractivity contribution in [1.29, 1.82) is 0 Å². The predicted molar refractivity (Wildman–Crippen MR) is 98.2 cm³/mol. The van der Waals surface area contributed by atoms with Crippen molar-refractivity contribution in [3.8, 4) is 0 Å². The van der Waals surface area contributed by atoms with Crippen molar-refractivity contribution >= 4 is 5.69 Å². The fourth-order valence-corrected chi connectivity index (χ4v) is 4.61. The van der Waals surface area contributed by atoms with Gasteiger partial charge in [0.2, 0.25) is 0 Å². The van der Waals surface area contributed by atoms with Crippen LogP contribution >= 0.6 is 0 Å². The van der Waals surface area contributed by atoms with E-state index in [2.05, 4.69) is 82.4 Å². The van der Waals surface area contributed by atoms with Gasteiger partial charge in [-0.3, -0.25) is 0 Å². The third-order valence-electron chi connectivity index (χ3n) is 6.42. The summed E-state index contributed by atoms with van der Waals surface area (Å²) in [5.41, 5.74) is 7.56. The van der Waals surface area contributed by atoms with Crippen molar-refractivity contribution < 1.29 is 0 Å². The number of anilines is 1. The Hall–Kier alpha value is -1.76. The van der Waals surface area contributed by atoms with E-state index in [1.54, 1.807) is 0 Å². The number of aryl methyl sites for hydroxylation is 1. The lowest BCUT2D eigenvalue weighted by atomic mass is 9.59. The van der Waals surface area contributed by atoms with Gasteiger partial charge in [-0.1, -0.05) is 64.1 Å². The number of hydrogen-bond acceptors (Lipinski definition) is 1. The Balaban J connectivity index is 1.92. The summed E-state index contributed by atoms with van der Waals surface area (Å²) in [6.45, 7) is 11.7. The maximum Gasteiger partial charge on any atom is 0.0694 e. The molecule has 2 aromatic carbocycles. The van der Waals surface area contributed by atoms with E-state index < -0.39 is 0 Å². The molecule has 0 aromatic heterocycles. The van der Waals surface area contributed by atoms with Crippen LogP contribution in [0, 0.1) is 0 Å². The normalized spacial score (nSPS) is 28.6. The predicted octanol–water partition coefficient (Wildman–Crippen LogP) is 5.53. The molecule has 0 saturated heterocycles. The van der Waals surface area contributed by atoms with Crippen LogP contribution < -0.4 is 5.32 Å². The highest BCUT2D eigenvalue weighted by Crippen LogP contribution is 2.58. The van der Waals surface area contributed by atoms with Gasteiger partial charge >= 0.3 is 0 Å². The summed E-state index contributed by atoms with van der Waals surface area (Å²) in [4.78, 5) is 0. The maximum atomic E-state index is 3.89.